The van der Waals surface area contributed by atoms with Crippen LogP contribution in [0.1, 0.15) is 17.5 Å². The van der Waals surface area contributed by atoms with Crippen LogP contribution in [0.5, 0.6) is 0 Å². The molecule has 2 nitrogen and oxygen atoms in total. The molecule has 0 spiro atoms. The van der Waals surface area contributed by atoms with E-state index >= 15 is 0 Å². The second-order valence-corrected chi connectivity index (χ2v) is 7.36. The molecule has 0 aliphatic carbocycles. The van der Waals surface area contributed by atoms with Crippen molar-refractivity contribution in [1.29, 1.82) is 0 Å². The molecule has 0 saturated heterocycles. The van der Waals surface area contributed by atoms with Crippen LogP contribution in [-0.4, -0.2) is 5.91 Å². The van der Waals surface area contributed by atoms with Crippen molar-refractivity contribution < 1.29 is 4.79 Å². The maximum Gasteiger partial charge on any atom is 0.247 e. The smallest absolute Gasteiger partial charge is 0.247 e. The molecule has 0 heterocycles. The summed E-state index contributed by atoms with van der Waals surface area (Å²) in [6.45, 7) is 3.92. The van der Waals surface area contributed by atoms with Gasteiger partial charge in [-0.3, -0.25) is 4.79 Å². The topological polar surface area (TPSA) is 29.1 Å². The number of carbonyl (C=O) groups is 1. The van der Waals surface area contributed by atoms with Gasteiger partial charge < -0.3 is 5.32 Å². The fourth-order valence-electron chi connectivity index (χ4n) is 3.72. The first-order chi connectivity index (χ1) is 15.2. The van der Waals surface area contributed by atoms with Gasteiger partial charge in [0.05, 0.1) is 0 Å². The summed E-state index contributed by atoms with van der Waals surface area (Å²) in [7, 11) is 0. The third-order valence-corrected chi connectivity index (χ3v) is 5.34. The molecule has 4 aromatic rings. The molecule has 0 saturated carbocycles. The van der Waals surface area contributed by atoms with Gasteiger partial charge in [-0.15, -0.1) is 6.58 Å². The molecule has 150 valence electrons. The van der Waals surface area contributed by atoms with E-state index in [0.717, 1.165) is 27.6 Å². The summed E-state index contributed by atoms with van der Waals surface area (Å²) in [5.41, 5.74) is 1.42. The largest absolute Gasteiger partial charge is 0.324 e. The highest BCUT2D eigenvalue weighted by molar-refractivity contribution is 6.07. The number of hydrogen-bond donors (Lipinski definition) is 1. The van der Waals surface area contributed by atoms with Crippen molar-refractivity contribution in [3.05, 3.63) is 127 Å². The van der Waals surface area contributed by atoms with E-state index in [9.17, 15) is 4.79 Å². The Kier molecular flexibility index (Phi) is 5.96. The summed E-state index contributed by atoms with van der Waals surface area (Å²) in [6.07, 6.45) is 2.16. The van der Waals surface area contributed by atoms with E-state index in [1.54, 1.807) is 6.08 Å². The highest BCUT2D eigenvalue weighted by Gasteiger charge is 2.38. The van der Waals surface area contributed by atoms with E-state index in [0.29, 0.717) is 6.42 Å². The normalized spacial score (nSPS) is 12.3. The fraction of sp³-hybridized carbons (Fsp3) is 0.0690. The van der Waals surface area contributed by atoms with E-state index in [-0.39, 0.29) is 5.91 Å². The highest BCUT2D eigenvalue weighted by Crippen LogP contribution is 2.32. The van der Waals surface area contributed by atoms with Crippen LogP contribution in [0.2, 0.25) is 0 Å². The Morgan fingerprint density at radius 2 is 1.48 bits per heavy atom. The molecule has 4 aromatic carbocycles. The fourth-order valence-corrected chi connectivity index (χ4v) is 3.72. The molecule has 0 radical (unpaired) electrons. The molecule has 0 fully saturated rings. The average Bonchev–Trinajstić information content (AvgIpc) is 2.83. The Hall–Kier alpha value is -4.09. The molecule has 1 atom stereocenters. The zero-order chi connectivity index (χ0) is 21.5. The van der Waals surface area contributed by atoms with E-state index in [1.807, 2.05) is 103 Å². The number of benzene rings is 4. The van der Waals surface area contributed by atoms with Crippen molar-refractivity contribution in [3.8, 4) is 11.8 Å². The summed E-state index contributed by atoms with van der Waals surface area (Å²) in [5.74, 6) is 6.35. The van der Waals surface area contributed by atoms with Crippen molar-refractivity contribution in [2.45, 2.75) is 11.8 Å². The van der Waals surface area contributed by atoms with Gasteiger partial charge in [0.25, 0.3) is 0 Å². The summed E-state index contributed by atoms with van der Waals surface area (Å²) in [4.78, 5) is 13.8. The summed E-state index contributed by atoms with van der Waals surface area (Å²) in [6, 6.07) is 33.4. The minimum Gasteiger partial charge on any atom is -0.324 e. The summed E-state index contributed by atoms with van der Waals surface area (Å²) < 4.78 is 0. The van der Waals surface area contributed by atoms with Crippen LogP contribution in [0.4, 0.5) is 5.69 Å². The van der Waals surface area contributed by atoms with Crippen molar-refractivity contribution >= 4 is 22.4 Å². The molecular formula is C29H23NO. The van der Waals surface area contributed by atoms with Gasteiger partial charge in [-0.25, -0.2) is 0 Å². The van der Waals surface area contributed by atoms with Gasteiger partial charge in [0.15, 0.2) is 0 Å². The van der Waals surface area contributed by atoms with Crippen LogP contribution in [0.15, 0.2) is 116 Å². The number of allylic oxidation sites excluding steroid dienone is 1. The maximum absolute atomic E-state index is 13.8. The molecule has 0 aliphatic heterocycles. The van der Waals surface area contributed by atoms with E-state index < -0.39 is 5.41 Å². The van der Waals surface area contributed by atoms with Crippen LogP contribution in [0.25, 0.3) is 10.8 Å². The molecule has 0 aromatic heterocycles. The first kappa shape index (κ1) is 20.2. The first-order valence-corrected chi connectivity index (χ1v) is 10.3. The van der Waals surface area contributed by atoms with Crippen molar-refractivity contribution in [2.75, 3.05) is 5.32 Å². The second-order valence-electron chi connectivity index (χ2n) is 7.36. The quantitative estimate of drug-likeness (QED) is 0.307. The zero-order valence-electron chi connectivity index (χ0n) is 17.2. The Morgan fingerprint density at radius 3 is 2.23 bits per heavy atom. The molecular weight excluding hydrogens is 378 g/mol. The molecule has 0 aliphatic rings. The van der Waals surface area contributed by atoms with Gasteiger partial charge in [0, 0.05) is 16.6 Å². The number of amides is 1. The molecule has 0 unspecified atom stereocenters. The van der Waals surface area contributed by atoms with Gasteiger partial charge in [-0.2, -0.15) is 0 Å². The van der Waals surface area contributed by atoms with Gasteiger partial charge >= 0.3 is 0 Å². The van der Waals surface area contributed by atoms with Crippen LogP contribution < -0.4 is 5.32 Å². The summed E-state index contributed by atoms with van der Waals surface area (Å²) >= 11 is 0. The monoisotopic (exact) mass is 401 g/mol. The number of hydrogen-bond acceptors (Lipinski definition) is 1. The maximum atomic E-state index is 13.8. The lowest BCUT2D eigenvalue weighted by atomic mass is 9.76. The first-order valence-electron chi connectivity index (χ1n) is 10.3. The van der Waals surface area contributed by atoms with Gasteiger partial charge in [0.2, 0.25) is 5.91 Å². The van der Waals surface area contributed by atoms with Crippen molar-refractivity contribution in [1.82, 2.24) is 0 Å². The SMILES string of the molecule is C=CC[C@](C#Cc1ccccc1)(C(=O)Nc1cccc2ccccc12)c1ccccc1. The van der Waals surface area contributed by atoms with Crippen molar-refractivity contribution in [3.63, 3.8) is 0 Å². The molecule has 0 bridgehead atoms. The van der Waals surface area contributed by atoms with Crippen LogP contribution >= 0.6 is 0 Å². The standard InChI is InChI=1S/C29H23NO/c1-2-21-29(25-16-7-4-8-17-25,22-20-23-12-5-3-6-13-23)28(31)30-27-19-11-15-24-14-9-10-18-26(24)27/h2-19H,1,21H2,(H,30,31)/t29-/m1/s1. The van der Waals surface area contributed by atoms with Gasteiger partial charge in [-0.05, 0) is 35.6 Å². The van der Waals surface area contributed by atoms with E-state index in [1.165, 1.54) is 0 Å². The number of fused-ring (bicyclic) bond motifs is 1. The molecule has 1 N–H and O–H groups in total. The van der Waals surface area contributed by atoms with E-state index in [4.69, 9.17) is 0 Å². The second kappa shape index (κ2) is 9.15. The summed E-state index contributed by atoms with van der Waals surface area (Å²) in [5, 5.41) is 5.23. The number of nitrogens with one attached hydrogen (secondary N) is 1. The molecule has 1 amide bonds. The van der Waals surface area contributed by atoms with Crippen LogP contribution in [0, 0.1) is 11.8 Å². The van der Waals surface area contributed by atoms with Gasteiger partial charge in [0.1, 0.15) is 5.41 Å². The highest BCUT2D eigenvalue weighted by atomic mass is 16.2. The third kappa shape index (κ3) is 4.27. The van der Waals surface area contributed by atoms with Crippen LogP contribution in [-0.2, 0) is 10.2 Å². The molecule has 4 rings (SSSR count). The number of carbonyl (C=O) groups excluding carboxylic acids is 1. The lowest BCUT2D eigenvalue weighted by molar-refractivity contribution is -0.119. The van der Waals surface area contributed by atoms with Crippen LogP contribution in [0.3, 0.4) is 0 Å². The lowest BCUT2D eigenvalue weighted by Crippen LogP contribution is -2.39. The average molecular weight is 402 g/mol. The Morgan fingerprint density at radius 1 is 0.839 bits per heavy atom. The van der Waals surface area contributed by atoms with Gasteiger partial charge in [-0.1, -0.05) is 103 Å². The Balaban J connectivity index is 1.82. The number of anilines is 1. The Bertz CT molecular complexity index is 1260. The predicted molar refractivity (Wildman–Crippen MR) is 129 cm³/mol. The molecule has 31 heavy (non-hydrogen) atoms. The minimum atomic E-state index is -1.06. The Labute approximate surface area is 183 Å². The van der Waals surface area contributed by atoms with Crippen molar-refractivity contribution in [2.24, 2.45) is 0 Å². The number of rotatable bonds is 5. The molecule has 2 heteroatoms. The minimum absolute atomic E-state index is 0.168. The lowest BCUT2D eigenvalue weighted by Gasteiger charge is -2.27. The third-order valence-electron chi connectivity index (χ3n) is 5.34. The predicted octanol–water partition coefficient (Wildman–Crippen LogP) is 6.34. The zero-order valence-corrected chi connectivity index (χ0v) is 17.2. The van der Waals surface area contributed by atoms with E-state index in [2.05, 4.69) is 23.7 Å².